The van der Waals surface area contributed by atoms with E-state index in [9.17, 15) is 0 Å². The van der Waals surface area contributed by atoms with Crippen molar-refractivity contribution in [2.45, 2.75) is 53.0 Å². The normalized spacial score (nSPS) is 16.4. The van der Waals surface area contributed by atoms with Crippen LogP contribution in [0.4, 0.5) is 0 Å². The highest BCUT2D eigenvalue weighted by Crippen LogP contribution is 2.27. The van der Waals surface area contributed by atoms with Gasteiger partial charge in [0.1, 0.15) is 0 Å². The zero-order valence-electron chi connectivity index (χ0n) is 10.4. The topological polar surface area (TPSA) is 38.9 Å². The SMILES string of the molecule is CCC(C)(N)c1csc(CC(C)(C)C)n1. The molecule has 1 heterocycles. The van der Waals surface area contributed by atoms with E-state index in [2.05, 4.69) is 38.1 Å². The molecule has 0 aliphatic heterocycles. The summed E-state index contributed by atoms with van der Waals surface area (Å²) in [5.41, 5.74) is 7.22. The maximum absolute atomic E-state index is 6.16. The van der Waals surface area contributed by atoms with E-state index >= 15 is 0 Å². The maximum atomic E-state index is 6.16. The molecule has 0 bridgehead atoms. The predicted molar refractivity (Wildman–Crippen MR) is 67.1 cm³/mol. The molecule has 0 aliphatic carbocycles. The Balaban J connectivity index is 2.81. The lowest BCUT2D eigenvalue weighted by Gasteiger charge is -2.20. The van der Waals surface area contributed by atoms with E-state index in [1.54, 1.807) is 11.3 Å². The quantitative estimate of drug-likeness (QED) is 0.858. The monoisotopic (exact) mass is 226 g/mol. The van der Waals surface area contributed by atoms with Gasteiger partial charge in [0.2, 0.25) is 0 Å². The van der Waals surface area contributed by atoms with Crippen molar-refractivity contribution in [2.75, 3.05) is 0 Å². The fraction of sp³-hybridized carbons (Fsp3) is 0.750. The van der Waals surface area contributed by atoms with Crippen LogP contribution in [0.25, 0.3) is 0 Å². The minimum atomic E-state index is -0.271. The van der Waals surface area contributed by atoms with Crippen molar-refractivity contribution >= 4 is 11.3 Å². The van der Waals surface area contributed by atoms with E-state index in [0.29, 0.717) is 5.41 Å². The lowest BCUT2D eigenvalue weighted by atomic mass is 9.92. The highest BCUT2D eigenvalue weighted by molar-refractivity contribution is 7.09. The van der Waals surface area contributed by atoms with E-state index in [1.165, 1.54) is 5.01 Å². The van der Waals surface area contributed by atoms with Gasteiger partial charge in [0.15, 0.2) is 0 Å². The molecule has 1 atom stereocenters. The molecule has 0 amide bonds. The summed E-state index contributed by atoms with van der Waals surface area (Å²) in [5, 5.41) is 3.30. The maximum Gasteiger partial charge on any atom is 0.0934 e. The first-order chi connectivity index (χ1) is 6.74. The third-order valence-corrected chi connectivity index (χ3v) is 3.40. The Hall–Kier alpha value is -0.410. The molecule has 0 aromatic carbocycles. The summed E-state index contributed by atoms with van der Waals surface area (Å²) in [4.78, 5) is 4.63. The molecular formula is C12H22N2S. The molecule has 0 spiro atoms. The first-order valence-corrected chi connectivity index (χ1v) is 6.36. The minimum absolute atomic E-state index is 0.271. The number of hydrogen-bond donors (Lipinski definition) is 1. The van der Waals surface area contributed by atoms with Crippen molar-refractivity contribution < 1.29 is 0 Å². The molecule has 15 heavy (non-hydrogen) atoms. The second-order valence-corrected chi connectivity index (χ2v) is 6.58. The zero-order chi connectivity index (χ0) is 11.7. The molecule has 86 valence electrons. The summed E-state index contributed by atoms with van der Waals surface area (Å²) in [7, 11) is 0. The molecule has 0 aliphatic rings. The number of hydrogen-bond acceptors (Lipinski definition) is 3. The summed E-state index contributed by atoms with van der Waals surface area (Å²) in [6.07, 6.45) is 1.95. The zero-order valence-corrected chi connectivity index (χ0v) is 11.2. The van der Waals surface area contributed by atoms with Gasteiger partial charge >= 0.3 is 0 Å². The average Bonchev–Trinajstić information content (AvgIpc) is 2.50. The van der Waals surface area contributed by atoms with Gasteiger partial charge in [0.25, 0.3) is 0 Å². The van der Waals surface area contributed by atoms with Crippen molar-refractivity contribution in [1.82, 2.24) is 4.98 Å². The van der Waals surface area contributed by atoms with E-state index < -0.39 is 0 Å². The van der Waals surface area contributed by atoms with E-state index in [4.69, 9.17) is 5.73 Å². The van der Waals surface area contributed by atoms with Gasteiger partial charge in [0, 0.05) is 11.8 Å². The van der Waals surface area contributed by atoms with Gasteiger partial charge in [-0.05, 0) is 18.8 Å². The minimum Gasteiger partial charge on any atom is -0.320 e. The first kappa shape index (κ1) is 12.7. The Bertz CT molecular complexity index is 321. The van der Waals surface area contributed by atoms with Crippen molar-refractivity contribution in [1.29, 1.82) is 0 Å². The Labute approximate surface area is 96.9 Å². The van der Waals surface area contributed by atoms with Crippen LogP contribution in [-0.2, 0) is 12.0 Å². The molecule has 2 nitrogen and oxygen atoms in total. The molecule has 1 rings (SSSR count). The van der Waals surface area contributed by atoms with E-state index in [0.717, 1.165) is 18.5 Å². The van der Waals surface area contributed by atoms with Crippen LogP contribution in [0.2, 0.25) is 0 Å². The van der Waals surface area contributed by atoms with Gasteiger partial charge in [-0.2, -0.15) is 0 Å². The van der Waals surface area contributed by atoms with Gasteiger partial charge in [-0.25, -0.2) is 4.98 Å². The summed E-state index contributed by atoms with van der Waals surface area (Å²) < 4.78 is 0. The summed E-state index contributed by atoms with van der Waals surface area (Å²) in [6, 6.07) is 0. The van der Waals surface area contributed by atoms with Crippen molar-refractivity contribution in [3.63, 3.8) is 0 Å². The van der Waals surface area contributed by atoms with Crippen molar-refractivity contribution in [3.05, 3.63) is 16.1 Å². The predicted octanol–water partition coefficient (Wildman–Crippen LogP) is 3.32. The fourth-order valence-corrected chi connectivity index (χ4v) is 2.53. The molecule has 1 aromatic heterocycles. The lowest BCUT2D eigenvalue weighted by Crippen LogP contribution is -2.32. The average molecular weight is 226 g/mol. The van der Waals surface area contributed by atoms with Crippen LogP contribution >= 0.6 is 11.3 Å². The van der Waals surface area contributed by atoms with Crippen LogP contribution in [0, 0.1) is 5.41 Å². The highest BCUT2D eigenvalue weighted by atomic mass is 32.1. The molecule has 0 fully saturated rings. The Morgan fingerprint density at radius 2 is 1.93 bits per heavy atom. The van der Waals surface area contributed by atoms with E-state index in [1.807, 2.05) is 6.92 Å². The van der Waals surface area contributed by atoms with Crippen LogP contribution in [0.15, 0.2) is 5.38 Å². The summed E-state index contributed by atoms with van der Waals surface area (Å²) in [5.74, 6) is 0. The fourth-order valence-electron chi connectivity index (χ4n) is 1.29. The standard InChI is InChI=1S/C12H22N2S/c1-6-12(5,13)9-8-15-10(14-9)7-11(2,3)4/h8H,6-7,13H2,1-5H3. The molecule has 1 unspecified atom stereocenters. The molecule has 0 saturated heterocycles. The Kier molecular flexibility index (Phi) is 3.56. The molecule has 0 saturated carbocycles. The second-order valence-electron chi connectivity index (χ2n) is 5.63. The largest absolute Gasteiger partial charge is 0.320 e. The van der Waals surface area contributed by atoms with Gasteiger partial charge < -0.3 is 5.73 Å². The third kappa shape index (κ3) is 3.58. The van der Waals surface area contributed by atoms with Crippen LogP contribution in [0.5, 0.6) is 0 Å². The van der Waals surface area contributed by atoms with Gasteiger partial charge in [-0.15, -0.1) is 11.3 Å². The number of aromatic nitrogens is 1. The molecule has 2 N–H and O–H groups in total. The van der Waals surface area contributed by atoms with Crippen LogP contribution in [0.1, 0.15) is 51.7 Å². The number of thiazole rings is 1. The lowest BCUT2D eigenvalue weighted by molar-refractivity contribution is 0.407. The van der Waals surface area contributed by atoms with Crippen LogP contribution in [-0.4, -0.2) is 4.98 Å². The molecule has 1 aromatic rings. The molecular weight excluding hydrogens is 204 g/mol. The smallest absolute Gasteiger partial charge is 0.0934 e. The van der Waals surface area contributed by atoms with Crippen molar-refractivity contribution in [2.24, 2.45) is 11.1 Å². The van der Waals surface area contributed by atoms with E-state index in [-0.39, 0.29) is 5.54 Å². The van der Waals surface area contributed by atoms with Gasteiger partial charge in [0.05, 0.1) is 16.2 Å². The number of rotatable bonds is 3. The van der Waals surface area contributed by atoms with Crippen LogP contribution < -0.4 is 5.73 Å². The van der Waals surface area contributed by atoms with Crippen LogP contribution in [0.3, 0.4) is 0 Å². The first-order valence-electron chi connectivity index (χ1n) is 5.48. The Morgan fingerprint density at radius 1 is 1.33 bits per heavy atom. The summed E-state index contributed by atoms with van der Waals surface area (Å²) in [6.45, 7) is 10.8. The van der Waals surface area contributed by atoms with Crippen molar-refractivity contribution in [3.8, 4) is 0 Å². The molecule has 0 radical (unpaired) electrons. The number of nitrogens with two attached hydrogens (primary N) is 1. The summed E-state index contributed by atoms with van der Waals surface area (Å²) >= 11 is 1.73. The number of nitrogens with zero attached hydrogens (tertiary/aromatic N) is 1. The molecule has 3 heteroatoms. The third-order valence-electron chi connectivity index (χ3n) is 2.55. The van der Waals surface area contributed by atoms with Gasteiger partial charge in [-0.3, -0.25) is 0 Å². The highest BCUT2D eigenvalue weighted by Gasteiger charge is 2.23. The second kappa shape index (κ2) is 4.22. The van der Waals surface area contributed by atoms with Gasteiger partial charge in [-0.1, -0.05) is 27.7 Å². The Morgan fingerprint density at radius 3 is 2.40 bits per heavy atom.